The quantitative estimate of drug-likeness (QED) is 0.494. The van der Waals surface area contributed by atoms with Crippen LogP contribution in [0.25, 0.3) is 22.3 Å². The molecule has 0 aromatic heterocycles. The van der Waals surface area contributed by atoms with Crippen molar-refractivity contribution < 1.29 is 5.11 Å². The Labute approximate surface area is 151 Å². The van der Waals surface area contributed by atoms with Crippen LogP contribution in [0.2, 0.25) is 0 Å². The van der Waals surface area contributed by atoms with Crippen molar-refractivity contribution >= 4 is 0 Å². The minimum Gasteiger partial charge on any atom is -0.396 e. The summed E-state index contributed by atoms with van der Waals surface area (Å²) in [7, 11) is 0. The molecule has 0 spiro atoms. The van der Waals surface area contributed by atoms with E-state index >= 15 is 0 Å². The van der Waals surface area contributed by atoms with Crippen molar-refractivity contribution in [2.45, 2.75) is 32.1 Å². The van der Waals surface area contributed by atoms with Crippen molar-refractivity contribution in [1.82, 2.24) is 0 Å². The zero-order valence-corrected chi connectivity index (χ0v) is 14.7. The molecule has 0 aliphatic heterocycles. The first-order chi connectivity index (χ1) is 12.4. The minimum absolute atomic E-state index is 0.317. The van der Waals surface area contributed by atoms with Gasteiger partial charge in [-0.3, -0.25) is 0 Å². The summed E-state index contributed by atoms with van der Waals surface area (Å²) in [5, 5.41) is 8.80. The maximum atomic E-state index is 8.80. The second-order valence-electron chi connectivity index (χ2n) is 6.53. The maximum Gasteiger partial charge on any atom is 0.0431 e. The van der Waals surface area contributed by atoms with Crippen LogP contribution in [-0.2, 0) is 6.42 Å². The topological polar surface area (TPSA) is 20.2 Å². The highest BCUT2D eigenvalue weighted by Gasteiger charge is 2.01. The molecule has 3 aromatic rings. The van der Waals surface area contributed by atoms with Crippen molar-refractivity contribution in [3.8, 4) is 22.3 Å². The first-order valence-electron chi connectivity index (χ1n) is 9.22. The summed E-state index contributed by atoms with van der Waals surface area (Å²) in [5.74, 6) is 0. The first-order valence-corrected chi connectivity index (χ1v) is 9.22. The van der Waals surface area contributed by atoms with Crippen LogP contribution in [0.1, 0.15) is 31.2 Å². The van der Waals surface area contributed by atoms with Gasteiger partial charge >= 0.3 is 0 Å². The average Bonchev–Trinajstić information content (AvgIpc) is 2.69. The van der Waals surface area contributed by atoms with Crippen LogP contribution in [0.5, 0.6) is 0 Å². The highest BCUT2D eigenvalue weighted by molar-refractivity contribution is 5.70. The van der Waals surface area contributed by atoms with Gasteiger partial charge in [0.2, 0.25) is 0 Å². The van der Waals surface area contributed by atoms with Crippen LogP contribution >= 0.6 is 0 Å². The van der Waals surface area contributed by atoms with E-state index in [-0.39, 0.29) is 0 Å². The molecule has 0 saturated heterocycles. The van der Waals surface area contributed by atoms with Crippen molar-refractivity contribution in [3.63, 3.8) is 0 Å². The summed E-state index contributed by atoms with van der Waals surface area (Å²) in [6.07, 6.45) is 5.58. The zero-order chi connectivity index (χ0) is 17.3. The molecule has 3 rings (SSSR count). The van der Waals surface area contributed by atoms with Gasteiger partial charge in [-0.1, -0.05) is 91.7 Å². The van der Waals surface area contributed by atoms with Gasteiger partial charge in [0, 0.05) is 6.61 Å². The zero-order valence-electron chi connectivity index (χ0n) is 14.7. The molecule has 128 valence electrons. The number of rotatable bonds is 8. The van der Waals surface area contributed by atoms with E-state index in [0.717, 1.165) is 19.3 Å². The van der Waals surface area contributed by atoms with E-state index in [9.17, 15) is 0 Å². The first kappa shape index (κ1) is 17.4. The molecule has 1 N–H and O–H groups in total. The molecule has 1 heteroatoms. The lowest BCUT2D eigenvalue weighted by Crippen LogP contribution is -1.88. The maximum absolute atomic E-state index is 8.80. The number of aliphatic hydroxyl groups is 1. The van der Waals surface area contributed by atoms with E-state index in [0.29, 0.717) is 6.61 Å². The molecule has 25 heavy (non-hydrogen) atoms. The molecule has 0 atom stereocenters. The summed E-state index contributed by atoms with van der Waals surface area (Å²) >= 11 is 0. The van der Waals surface area contributed by atoms with Crippen molar-refractivity contribution in [2.75, 3.05) is 6.61 Å². The summed E-state index contributed by atoms with van der Waals surface area (Å²) in [6, 6.07) is 28.2. The third-order valence-electron chi connectivity index (χ3n) is 4.65. The third-order valence-corrected chi connectivity index (χ3v) is 4.65. The lowest BCUT2D eigenvalue weighted by atomic mass is 9.98. The fourth-order valence-corrected chi connectivity index (χ4v) is 3.14. The van der Waals surface area contributed by atoms with Gasteiger partial charge in [-0.25, -0.2) is 0 Å². The Morgan fingerprint density at radius 2 is 0.960 bits per heavy atom. The Morgan fingerprint density at radius 1 is 0.480 bits per heavy atom. The van der Waals surface area contributed by atoms with Gasteiger partial charge in [0.05, 0.1) is 0 Å². The van der Waals surface area contributed by atoms with Crippen LogP contribution in [0.3, 0.4) is 0 Å². The highest BCUT2D eigenvalue weighted by Crippen LogP contribution is 2.25. The number of unbranched alkanes of at least 4 members (excludes halogenated alkanes) is 3. The normalized spacial score (nSPS) is 10.8. The van der Waals surface area contributed by atoms with E-state index in [1.54, 1.807) is 0 Å². The molecule has 0 bridgehead atoms. The van der Waals surface area contributed by atoms with Crippen molar-refractivity contribution in [2.24, 2.45) is 0 Å². The smallest absolute Gasteiger partial charge is 0.0431 e. The fourth-order valence-electron chi connectivity index (χ4n) is 3.14. The van der Waals surface area contributed by atoms with Crippen LogP contribution < -0.4 is 0 Å². The number of hydrogen-bond acceptors (Lipinski definition) is 1. The highest BCUT2D eigenvalue weighted by atomic mass is 16.2. The predicted molar refractivity (Wildman–Crippen MR) is 107 cm³/mol. The van der Waals surface area contributed by atoms with Gasteiger partial charge < -0.3 is 5.11 Å². The van der Waals surface area contributed by atoms with Gasteiger partial charge in [0.15, 0.2) is 0 Å². The molecule has 0 aliphatic carbocycles. The molecule has 1 nitrogen and oxygen atoms in total. The Bertz CT molecular complexity index is 742. The molecule has 0 radical (unpaired) electrons. The van der Waals surface area contributed by atoms with E-state index in [1.165, 1.54) is 40.7 Å². The molecule has 3 aromatic carbocycles. The number of aryl methyl sites for hydroxylation is 1. The van der Waals surface area contributed by atoms with E-state index in [2.05, 4.69) is 72.8 Å². The van der Waals surface area contributed by atoms with E-state index in [1.807, 2.05) is 6.07 Å². The van der Waals surface area contributed by atoms with Gasteiger partial charge in [-0.05, 0) is 47.1 Å². The predicted octanol–water partition coefficient (Wildman–Crippen LogP) is 6.12. The number of benzene rings is 3. The van der Waals surface area contributed by atoms with E-state index in [4.69, 9.17) is 5.11 Å². The standard InChI is InChI=1S/C24H26O/c25-19-7-2-1-4-8-20-11-13-22(14-12-20)24-17-15-23(16-18-24)21-9-5-3-6-10-21/h3,5-6,9-18,25H,1-2,4,7-8,19H2. The Hall–Kier alpha value is -2.38. The Balaban J connectivity index is 1.60. The van der Waals surface area contributed by atoms with Gasteiger partial charge in [0.1, 0.15) is 0 Å². The van der Waals surface area contributed by atoms with Gasteiger partial charge in [-0.2, -0.15) is 0 Å². The summed E-state index contributed by atoms with van der Waals surface area (Å²) < 4.78 is 0. The van der Waals surface area contributed by atoms with Crippen molar-refractivity contribution in [1.29, 1.82) is 0 Å². The van der Waals surface area contributed by atoms with Gasteiger partial charge in [-0.15, -0.1) is 0 Å². The Kier molecular flexibility index (Phi) is 6.42. The third kappa shape index (κ3) is 5.04. The molecule has 0 unspecified atom stereocenters. The lowest BCUT2D eigenvalue weighted by Gasteiger charge is -2.07. The second kappa shape index (κ2) is 9.19. The summed E-state index contributed by atoms with van der Waals surface area (Å²) in [5.41, 5.74) is 6.43. The summed E-state index contributed by atoms with van der Waals surface area (Å²) in [4.78, 5) is 0. The van der Waals surface area contributed by atoms with Gasteiger partial charge in [0.25, 0.3) is 0 Å². The molecular formula is C24H26O. The monoisotopic (exact) mass is 330 g/mol. The molecule has 0 heterocycles. The van der Waals surface area contributed by atoms with Crippen LogP contribution in [0.4, 0.5) is 0 Å². The van der Waals surface area contributed by atoms with E-state index < -0.39 is 0 Å². The Morgan fingerprint density at radius 3 is 1.52 bits per heavy atom. The second-order valence-corrected chi connectivity index (χ2v) is 6.53. The molecule has 0 amide bonds. The SMILES string of the molecule is OCCCCCCc1ccc(-c2ccc(-c3ccccc3)cc2)cc1. The number of aliphatic hydroxyl groups excluding tert-OH is 1. The molecular weight excluding hydrogens is 304 g/mol. The van der Waals surface area contributed by atoms with Crippen LogP contribution in [-0.4, -0.2) is 11.7 Å². The molecule has 0 saturated carbocycles. The van der Waals surface area contributed by atoms with Crippen LogP contribution in [0.15, 0.2) is 78.9 Å². The van der Waals surface area contributed by atoms with Crippen molar-refractivity contribution in [3.05, 3.63) is 84.4 Å². The minimum atomic E-state index is 0.317. The lowest BCUT2D eigenvalue weighted by molar-refractivity contribution is 0.282. The fraction of sp³-hybridized carbons (Fsp3) is 0.250. The molecule has 0 fully saturated rings. The average molecular weight is 330 g/mol. The molecule has 0 aliphatic rings. The largest absolute Gasteiger partial charge is 0.396 e. The number of hydrogen-bond donors (Lipinski definition) is 1. The van der Waals surface area contributed by atoms with Crippen LogP contribution in [0, 0.1) is 0 Å². The summed E-state index contributed by atoms with van der Waals surface area (Å²) in [6.45, 7) is 0.317.